The number of anilines is 1. The number of benzene rings is 1. The summed E-state index contributed by atoms with van der Waals surface area (Å²) in [4.78, 5) is 15.8. The van der Waals surface area contributed by atoms with Crippen molar-refractivity contribution in [3.8, 4) is 0 Å². The van der Waals surface area contributed by atoms with Crippen LogP contribution in [-0.2, 0) is 0 Å². The lowest BCUT2D eigenvalue weighted by atomic mass is 10.4. The molecule has 0 atom stereocenters. The maximum atomic E-state index is 11.0. The summed E-state index contributed by atoms with van der Waals surface area (Å²) in [6.07, 6.45) is 0. The zero-order valence-electron chi connectivity index (χ0n) is 10.4. The van der Waals surface area contributed by atoms with Crippen molar-refractivity contribution in [2.75, 3.05) is 11.9 Å². The summed E-state index contributed by atoms with van der Waals surface area (Å²) in [5.74, 6) is 0.645. The molecule has 0 aliphatic rings. The third-order valence-corrected chi connectivity index (χ3v) is 3.35. The highest BCUT2D eigenvalue weighted by Crippen LogP contribution is 2.33. The number of nitro groups is 1. The highest BCUT2D eigenvalue weighted by Gasteiger charge is 2.17. The molecule has 1 aromatic carbocycles. The summed E-state index contributed by atoms with van der Waals surface area (Å²) in [6, 6.07) is 12.6. The van der Waals surface area contributed by atoms with Crippen LogP contribution in [0.25, 0.3) is 0 Å². The zero-order valence-corrected chi connectivity index (χ0v) is 11.2. The van der Waals surface area contributed by atoms with Crippen molar-refractivity contribution in [3.05, 3.63) is 52.6 Å². The van der Waals surface area contributed by atoms with Gasteiger partial charge in [-0.15, -0.1) is 0 Å². The Hall–Kier alpha value is -2.08. The Morgan fingerprint density at radius 2 is 2.00 bits per heavy atom. The van der Waals surface area contributed by atoms with Crippen molar-refractivity contribution in [1.29, 1.82) is 0 Å². The lowest BCUT2D eigenvalue weighted by Crippen LogP contribution is -2.01. The minimum atomic E-state index is -0.409. The van der Waals surface area contributed by atoms with Crippen molar-refractivity contribution < 1.29 is 4.92 Å². The van der Waals surface area contributed by atoms with Gasteiger partial charge >= 0.3 is 5.69 Å². The Morgan fingerprint density at radius 3 is 2.63 bits per heavy atom. The fourth-order valence-electron chi connectivity index (χ4n) is 1.53. The van der Waals surface area contributed by atoms with Gasteiger partial charge in [-0.25, -0.2) is 4.98 Å². The number of hydrogen-bond donors (Lipinski definition) is 1. The van der Waals surface area contributed by atoms with Gasteiger partial charge in [0.1, 0.15) is 5.82 Å². The summed E-state index contributed by atoms with van der Waals surface area (Å²) in [5, 5.41) is 14.5. The predicted octanol–water partition coefficient (Wildman–Crippen LogP) is 3.57. The van der Waals surface area contributed by atoms with E-state index in [0.717, 1.165) is 11.4 Å². The van der Waals surface area contributed by atoms with E-state index < -0.39 is 4.92 Å². The van der Waals surface area contributed by atoms with E-state index in [1.165, 1.54) is 17.8 Å². The maximum absolute atomic E-state index is 11.0. The molecule has 2 rings (SSSR count). The average Bonchev–Trinajstić information content (AvgIpc) is 2.40. The van der Waals surface area contributed by atoms with E-state index >= 15 is 0 Å². The molecule has 2 aromatic rings. The molecule has 1 aromatic heterocycles. The molecular formula is C13H13N3O2S. The van der Waals surface area contributed by atoms with E-state index in [-0.39, 0.29) is 5.69 Å². The van der Waals surface area contributed by atoms with Crippen LogP contribution in [0.5, 0.6) is 0 Å². The van der Waals surface area contributed by atoms with Crippen molar-refractivity contribution in [1.82, 2.24) is 4.98 Å². The molecule has 0 aliphatic carbocycles. The molecular weight excluding hydrogens is 262 g/mol. The number of aromatic nitrogens is 1. The normalized spacial score (nSPS) is 10.2. The van der Waals surface area contributed by atoms with Crippen LogP contribution in [0.15, 0.2) is 52.4 Å². The number of pyridine rings is 1. The molecule has 19 heavy (non-hydrogen) atoms. The molecule has 1 N–H and O–H groups in total. The van der Waals surface area contributed by atoms with Gasteiger partial charge in [-0.1, -0.05) is 30.0 Å². The van der Waals surface area contributed by atoms with Gasteiger partial charge in [0.15, 0.2) is 5.03 Å². The van der Waals surface area contributed by atoms with Crippen molar-refractivity contribution >= 4 is 23.3 Å². The number of nitrogens with one attached hydrogen (secondary N) is 1. The van der Waals surface area contributed by atoms with E-state index in [2.05, 4.69) is 10.3 Å². The van der Waals surface area contributed by atoms with Crippen LogP contribution in [0.2, 0.25) is 0 Å². The SMILES string of the molecule is CCNc1ccc([N+](=O)[O-])c(Sc2ccccc2)n1. The molecule has 0 aliphatic heterocycles. The van der Waals surface area contributed by atoms with E-state index in [1.54, 1.807) is 6.07 Å². The van der Waals surface area contributed by atoms with Gasteiger partial charge in [-0.2, -0.15) is 0 Å². The molecule has 5 nitrogen and oxygen atoms in total. The first-order valence-corrected chi connectivity index (χ1v) is 6.64. The van der Waals surface area contributed by atoms with Crippen LogP contribution in [0.4, 0.5) is 11.5 Å². The van der Waals surface area contributed by atoms with Crippen molar-refractivity contribution in [2.24, 2.45) is 0 Å². The van der Waals surface area contributed by atoms with Gasteiger partial charge in [-0.05, 0) is 25.1 Å². The van der Waals surface area contributed by atoms with Crippen LogP contribution in [0, 0.1) is 10.1 Å². The minimum Gasteiger partial charge on any atom is -0.370 e. The monoisotopic (exact) mass is 275 g/mol. The van der Waals surface area contributed by atoms with E-state index in [4.69, 9.17) is 0 Å². The summed E-state index contributed by atoms with van der Waals surface area (Å²) in [7, 11) is 0. The van der Waals surface area contributed by atoms with Gasteiger partial charge in [-0.3, -0.25) is 10.1 Å². The standard InChI is InChI=1S/C13H13N3O2S/c1-2-14-12-9-8-11(16(17)18)13(15-12)19-10-6-4-3-5-7-10/h3-9H,2H2,1H3,(H,14,15). The molecule has 0 amide bonds. The second-order valence-corrected chi connectivity index (χ2v) is 4.79. The second kappa shape index (κ2) is 6.19. The first-order chi connectivity index (χ1) is 9.20. The van der Waals surface area contributed by atoms with Gasteiger partial charge in [0.2, 0.25) is 0 Å². The molecule has 1 heterocycles. The molecule has 0 spiro atoms. The first-order valence-electron chi connectivity index (χ1n) is 5.83. The van der Waals surface area contributed by atoms with E-state index in [1.807, 2.05) is 37.3 Å². The number of hydrogen-bond acceptors (Lipinski definition) is 5. The quantitative estimate of drug-likeness (QED) is 0.667. The van der Waals surface area contributed by atoms with Crippen molar-refractivity contribution in [3.63, 3.8) is 0 Å². The Kier molecular flexibility index (Phi) is 4.35. The molecule has 6 heteroatoms. The van der Waals surface area contributed by atoms with Crippen LogP contribution in [0.1, 0.15) is 6.92 Å². The van der Waals surface area contributed by atoms with Gasteiger partial charge in [0.25, 0.3) is 0 Å². The molecule has 98 valence electrons. The Morgan fingerprint density at radius 1 is 1.26 bits per heavy atom. The van der Waals surface area contributed by atoms with Crippen LogP contribution >= 0.6 is 11.8 Å². The van der Waals surface area contributed by atoms with Gasteiger partial charge in [0, 0.05) is 17.5 Å². The molecule has 0 radical (unpaired) electrons. The lowest BCUT2D eigenvalue weighted by molar-refractivity contribution is -0.388. The van der Waals surface area contributed by atoms with Crippen LogP contribution < -0.4 is 5.32 Å². The third kappa shape index (κ3) is 3.45. The van der Waals surface area contributed by atoms with Crippen LogP contribution in [0.3, 0.4) is 0 Å². The van der Waals surface area contributed by atoms with Gasteiger partial charge in [0.05, 0.1) is 4.92 Å². The summed E-state index contributed by atoms with van der Waals surface area (Å²) >= 11 is 1.29. The highest BCUT2D eigenvalue weighted by molar-refractivity contribution is 7.99. The largest absolute Gasteiger partial charge is 0.370 e. The zero-order chi connectivity index (χ0) is 13.7. The van der Waals surface area contributed by atoms with Crippen molar-refractivity contribution in [2.45, 2.75) is 16.8 Å². The molecule has 0 bridgehead atoms. The topological polar surface area (TPSA) is 68.1 Å². The van der Waals surface area contributed by atoms with Crippen LogP contribution in [-0.4, -0.2) is 16.5 Å². The van der Waals surface area contributed by atoms with E-state index in [0.29, 0.717) is 10.8 Å². The fraction of sp³-hybridized carbons (Fsp3) is 0.154. The highest BCUT2D eigenvalue weighted by atomic mass is 32.2. The maximum Gasteiger partial charge on any atom is 0.301 e. The number of nitrogens with zero attached hydrogens (tertiary/aromatic N) is 2. The average molecular weight is 275 g/mol. The summed E-state index contributed by atoms with van der Waals surface area (Å²) in [6.45, 7) is 2.67. The molecule has 0 fully saturated rings. The van der Waals surface area contributed by atoms with E-state index in [9.17, 15) is 10.1 Å². The Labute approximate surface area is 115 Å². The second-order valence-electron chi connectivity index (χ2n) is 3.72. The Balaban J connectivity index is 2.35. The third-order valence-electron chi connectivity index (χ3n) is 2.35. The lowest BCUT2D eigenvalue weighted by Gasteiger charge is -2.06. The molecule has 0 saturated heterocycles. The number of rotatable bonds is 5. The predicted molar refractivity (Wildman–Crippen MR) is 75.6 cm³/mol. The molecule has 0 saturated carbocycles. The summed E-state index contributed by atoms with van der Waals surface area (Å²) in [5.41, 5.74) is 0.0236. The summed E-state index contributed by atoms with van der Waals surface area (Å²) < 4.78 is 0. The first kappa shape index (κ1) is 13.4. The smallest absolute Gasteiger partial charge is 0.301 e. The Bertz CT molecular complexity index is 575. The molecule has 0 unspecified atom stereocenters. The van der Waals surface area contributed by atoms with Gasteiger partial charge < -0.3 is 5.32 Å². The minimum absolute atomic E-state index is 0.0236. The fourth-order valence-corrected chi connectivity index (χ4v) is 2.43.